The van der Waals surface area contributed by atoms with Crippen LogP contribution in [-0.2, 0) is 16.9 Å². The van der Waals surface area contributed by atoms with Crippen molar-refractivity contribution >= 4 is 0 Å². The van der Waals surface area contributed by atoms with Crippen molar-refractivity contribution in [2.45, 2.75) is 31.5 Å². The fourth-order valence-electron chi connectivity index (χ4n) is 6.98. The van der Waals surface area contributed by atoms with Gasteiger partial charge < -0.3 is 14.3 Å². The number of hydrogen-bond donors (Lipinski definition) is 1. The van der Waals surface area contributed by atoms with Crippen molar-refractivity contribution in [2.24, 2.45) is 5.41 Å². The number of quaternary nitrogens is 1. The second-order valence-corrected chi connectivity index (χ2v) is 11.3. The van der Waals surface area contributed by atoms with Crippen LogP contribution < -0.4 is 0 Å². The minimum absolute atomic E-state index is 0.172. The monoisotopic (exact) mass is 504 g/mol. The first-order valence-electron chi connectivity index (χ1n) is 14.0. The first-order chi connectivity index (χ1) is 18.6. The SMILES string of the molecule is OC(c1ccccc1)(c1cccc(-c2ccccc2)c1)C12CC[N+](CCOCc3ccccc3)(CC1)CC2. The van der Waals surface area contributed by atoms with Crippen LogP contribution in [0.2, 0.25) is 0 Å². The minimum Gasteiger partial charge on any atom is -0.380 e. The van der Waals surface area contributed by atoms with E-state index in [0.29, 0.717) is 6.61 Å². The maximum absolute atomic E-state index is 12.9. The smallest absolute Gasteiger partial charge is 0.121 e. The fourth-order valence-corrected chi connectivity index (χ4v) is 6.98. The van der Waals surface area contributed by atoms with Gasteiger partial charge in [0.15, 0.2) is 0 Å². The molecular weight excluding hydrogens is 466 g/mol. The molecule has 0 radical (unpaired) electrons. The Labute approximate surface area is 226 Å². The van der Waals surface area contributed by atoms with Gasteiger partial charge in [0.1, 0.15) is 12.1 Å². The second kappa shape index (κ2) is 10.5. The summed E-state index contributed by atoms with van der Waals surface area (Å²) in [6.07, 6.45) is 3.06. The standard InChI is InChI=1S/C35H38NO2/c37-35(32-16-8-3-9-17-32,33-18-10-15-31(27-33)30-13-6-2-7-14-30)34-19-22-36(23-20-34,24-21-34)25-26-38-28-29-11-4-1-5-12-29/h1-18,27,37H,19-26,28H2/q+1. The van der Waals surface area contributed by atoms with Crippen LogP contribution >= 0.6 is 0 Å². The molecule has 0 aromatic heterocycles. The van der Waals surface area contributed by atoms with Crippen molar-refractivity contribution < 1.29 is 14.3 Å². The lowest BCUT2D eigenvalue weighted by atomic mass is 9.56. The molecule has 3 aliphatic rings. The largest absolute Gasteiger partial charge is 0.380 e. The normalized spacial score (nSPS) is 24.1. The highest BCUT2D eigenvalue weighted by Crippen LogP contribution is 2.57. The van der Waals surface area contributed by atoms with Gasteiger partial charge in [-0.05, 0) is 33.9 Å². The molecule has 0 amide bonds. The summed E-state index contributed by atoms with van der Waals surface area (Å²) in [6, 6.07) is 40.0. The Hall–Kier alpha value is -3.24. The third kappa shape index (κ3) is 4.60. The van der Waals surface area contributed by atoms with E-state index in [4.69, 9.17) is 4.74 Å². The molecule has 3 aliphatic heterocycles. The van der Waals surface area contributed by atoms with Crippen molar-refractivity contribution in [1.82, 2.24) is 0 Å². The summed E-state index contributed by atoms with van der Waals surface area (Å²) in [7, 11) is 0. The van der Waals surface area contributed by atoms with Gasteiger partial charge in [0, 0.05) is 24.7 Å². The van der Waals surface area contributed by atoms with E-state index in [-0.39, 0.29) is 5.41 Å². The lowest BCUT2D eigenvalue weighted by Crippen LogP contribution is -2.67. The highest BCUT2D eigenvalue weighted by atomic mass is 16.5. The molecule has 3 fully saturated rings. The summed E-state index contributed by atoms with van der Waals surface area (Å²) in [6.45, 7) is 5.81. The van der Waals surface area contributed by atoms with Crippen LogP contribution in [0.5, 0.6) is 0 Å². The zero-order chi connectivity index (χ0) is 25.9. The number of piperidine rings is 3. The number of benzene rings is 4. The first kappa shape index (κ1) is 25.1. The summed E-state index contributed by atoms with van der Waals surface area (Å²) in [5.74, 6) is 0. The average molecular weight is 505 g/mol. The Kier molecular flexibility index (Phi) is 6.92. The number of nitrogens with zero attached hydrogens (tertiary/aromatic N) is 1. The first-order valence-corrected chi connectivity index (χ1v) is 14.0. The zero-order valence-corrected chi connectivity index (χ0v) is 22.1. The van der Waals surface area contributed by atoms with E-state index in [0.717, 1.165) is 73.2 Å². The molecule has 1 N–H and O–H groups in total. The lowest BCUT2D eigenvalue weighted by molar-refractivity contribution is -0.946. The predicted molar refractivity (Wildman–Crippen MR) is 153 cm³/mol. The van der Waals surface area contributed by atoms with Gasteiger partial charge in [-0.1, -0.05) is 109 Å². The van der Waals surface area contributed by atoms with Crippen molar-refractivity contribution in [3.8, 4) is 11.1 Å². The molecule has 0 spiro atoms. The zero-order valence-electron chi connectivity index (χ0n) is 22.1. The summed E-state index contributed by atoms with van der Waals surface area (Å²) in [4.78, 5) is 0. The second-order valence-electron chi connectivity index (χ2n) is 11.3. The number of rotatable bonds is 9. The van der Waals surface area contributed by atoms with Crippen LogP contribution in [0.25, 0.3) is 11.1 Å². The third-order valence-corrected chi connectivity index (χ3v) is 9.36. The van der Waals surface area contributed by atoms with E-state index in [1.54, 1.807) is 0 Å². The number of ether oxygens (including phenoxy) is 1. The number of hydrogen-bond acceptors (Lipinski definition) is 2. The third-order valence-electron chi connectivity index (χ3n) is 9.36. The predicted octanol–water partition coefficient (Wildman–Crippen LogP) is 6.81. The van der Waals surface area contributed by atoms with Crippen molar-refractivity contribution in [1.29, 1.82) is 0 Å². The molecule has 1 atom stereocenters. The van der Waals surface area contributed by atoms with Gasteiger partial charge in [-0.15, -0.1) is 0 Å². The molecule has 0 saturated carbocycles. The number of fused-ring (bicyclic) bond motifs is 3. The molecule has 3 nitrogen and oxygen atoms in total. The Balaban J connectivity index is 1.24. The number of aliphatic hydroxyl groups is 1. The summed E-state index contributed by atoms with van der Waals surface area (Å²) >= 11 is 0. The van der Waals surface area contributed by atoms with Crippen LogP contribution in [-0.4, -0.2) is 42.4 Å². The van der Waals surface area contributed by atoms with Gasteiger partial charge in [0.05, 0.1) is 32.8 Å². The molecule has 4 aromatic carbocycles. The van der Waals surface area contributed by atoms with Crippen LogP contribution in [0.1, 0.15) is 36.0 Å². The van der Waals surface area contributed by atoms with Crippen molar-refractivity contribution in [3.63, 3.8) is 0 Å². The van der Waals surface area contributed by atoms with E-state index >= 15 is 0 Å². The van der Waals surface area contributed by atoms with Crippen molar-refractivity contribution in [2.75, 3.05) is 32.8 Å². The Morgan fingerprint density at radius 1 is 0.658 bits per heavy atom. The highest BCUT2D eigenvalue weighted by molar-refractivity contribution is 5.65. The van der Waals surface area contributed by atoms with Gasteiger partial charge in [-0.2, -0.15) is 0 Å². The molecule has 7 rings (SSSR count). The molecule has 3 heteroatoms. The molecule has 3 heterocycles. The average Bonchev–Trinajstić information content (AvgIpc) is 3.01. The van der Waals surface area contributed by atoms with Crippen LogP contribution in [0.4, 0.5) is 0 Å². The molecule has 0 aliphatic carbocycles. The Morgan fingerprint density at radius 2 is 1.21 bits per heavy atom. The van der Waals surface area contributed by atoms with Gasteiger partial charge in [0.2, 0.25) is 0 Å². The Bertz CT molecular complexity index is 1310. The molecule has 3 saturated heterocycles. The fraction of sp³-hybridized carbons (Fsp3) is 0.314. The van der Waals surface area contributed by atoms with E-state index in [1.165, 1.54) is 11.1 Å². The van der Waals surface area contributed by atoms with Crippen molar-refractivity contribution in [3.05, 3.63) is 132 Å². The molecule has 38 heavy (non-hydrogen) atoms. The van der Waals surface area contributed by atoms with E-state index in [2.05, 4.69) is 97.1 Å². The van der Waals surface area contributed by atoms with E-state index < -0.39 is 5.60 Å². The summed E-state index contributed by atoms with van der Waals surface area (Å²) < 4.78 is 7.20. The van der Waals surface area contributed by atoms with Gasteiger partial charge in [0.25, 0.3) is 0 Å². The lowest BCUT2D eigenvalue weighted by Gasteiger charge is -2.60. The van der Waals surface area contributed by atoms with Gasteiger partial charge >= 0.3 is 0 Å². The molecule has 4 aromatic rings. The molecule has 2 bridgehead atoms. The topological polar surface area (TPSA) is 29.5 Å². The van der Waals surface area contributed by atoms with Gasteiger partial charge in [-0.3, -0.25) is 0 Å². The highest BCUT2D eigenvalue weighted by Gasteiger charge is 2.60. The molecule has 194 valence electrons. The van der Waals surface area contributed by atoms with Crippen LogP contribution in [0.15, 0.2) is 115 Å². The Morgan fingerprint density at radius 3 is 1.87 bits per heavy atom. The van der Waals surface area contributed by atoms with Crippen LogP contribution in [0.3, 0.4) is 0 Å². The van der Waals surface area contributed by atoms with Gasteiger partial charge in [-0.25, -0.2) is 0 Å². The molecular formula is C35H38NO2+. The summed E-state index contributed by atoms with van der Waals surface area (Å²) in [5.41, 5.74) is 4.39. The minimum atomic E-state index is -1.03. The maximum atomic E-state index is 12.9. The quantitative estimate of drug-likeness (QED) is 0.200. The summed E-state index contributed by atoms with van der Waals surface area (Å²) in [5, 5.41) is 12.9. The van der Waals surface area contributed by atoms with E-state index in [9.17, 15) is 5.11 Å². The maximum Gasteiger partial charge on any atom is 0.121 e. The van der Waals surface area contributed by atoms with E-state index in [1.807, 2.05) is 18.2 Å². The molecule has 1 unspecified atom stereocenters. The van der Waals surface area contributed by atoms with Crippen LogP contribution in [0, 0.1) is 5.41 Å².